The van der Waals surface area contributed by atoms with E-state index in [-0.39, 0.29) is 55.4 Å². The molecule has 0 N–H and O–H groups in total. The van der Waals surface area contributed by atoms with Crippen molar-refractivity contribution >= 4 is 17.5 Å². The first-order chi connectivity index (χ1) is 13.1. The molecule has 0 atom stereocenters. The Morgan fingerprint density at radius 3 is 2.50 bits per heavy atom. The van der Waals surface area contributed by atoms with Gasteiger partial charge in [0.15, 0.2) is 11.4 Å². The van der Waals surface area contributed by atoms with Crippen LogP contribution in [0, 0.1) is 0 Å². The number of methoxy groups -OCH3 is 1. The van der Waals surface area contributed by atoms with Crippen LogP contribution in [0.25, 0.3) is 0 Å². The molecular weight excluding hydrogens is 406 g/mol. The largest absolute Gasteiger partial charge is 0.490 e. The van der Waals surface area contributed by atoms with Crippen LogP contribution in [0.1, 0.15) is 18.5 Å². The average molecular weight is 424 g/mol. The van der Waals surface area contributed by atoms with Gasteiger partial charge in [-0.3, -0.25) is 0 Å². The molecule has 3 rings (SSSR count). The summed E-state index contributed by atoms with van der Waals surface area (Å²) in [5, 5.41) is -0.0613. The van der Waals surface area contributed by atoms with E-state index < -0.39 is 17.5 Å². The first kappa shape index (κ1) is 20.4. The molecule has 0 unspecified atom stereocenters. The van der Waals surface area contributed by atoms with Gasteiger partial charge in [0, 0.05) is 39.2 Å². The summed E-state index contributed by atoms with van der Waals surface area (Å²) in [6.45, 7) is 0.103. The topological polar surface area (TPSA) is 65.3 Å². The Hall–Kier alpha value is -2.30. The van der Waals surface area contributed by atoms with Gasteiger partial charge < -0.3 is 18.9 Å². The number of rotatable bonds is 5. The molecule has 1 aliphatic heterocycles. The minimum Gasteiger partial charge on any atom is -0.490 e. The Labute approximate surface area is 163 Å². The third-order valence-corrected chi connectivity index (χ3v) is 4.65. The molecule has 0 saturated carbocycles. The van der Waals surface area contributed by atoms with Gasteiger partial charge in [0.1, 0.15) is 12.3 Å². The van der Waals surface area contributed by atoms with Gasteiger partial charge in [0.25, 0.3) is 5.88 Å². The second-order valence-electron chi connectivity index (χ2n) is 6.47. The fourth-order valence-corrected chi connectivity index (χ4v) is 3.04. The van der Waals surface area contributed by atoms with E-state index >= 15 is 4.39 Å². The number of alkyl halides is 4. The van der Waals surface area contributed by atoms with Crippen LogP contribution in [0.5, 0.6) is 11.6 Å². The van der Waals surface area contributed by atoms with E-state index in [9.17, 15) is 13.2 Å². The molecule has 12 heteroatoms. The zero-order chi connectivity index (χ0) is 20.5. The van der Waals surface area contributed by atoms with Crippen LogP contribution in [0.4, 0.5) is 23.5 Å². The molecule has 1 aliphatic rings. The molecule has 0 amide bonds. The molecule has 7 nitrogen and oxygen atoms in total. The molecule has 0 aromatic carbocycles. The third-order valence-electron chi connectivity index (χ3n) is 4.47. The number of halogens is 5. The zero-order valence-electron chi connectivity index (χ0n) is 15.1. The SMILES string of the molecule is COc1cnc(Cl)nc1OCC1(F)CCN(c2nc(C(F)(F)F)cn2C)CC1. The Balaban J connectivity index is 1.63. The third kappa shape index (κ3) is 4.40. The molecule has 154 valence electrons. The molecule has 3 heterocycles. The van der Waals surface area contributed by atoms with Gasteiger partial charge in [-0.1, -0.05) is 0 Å². The molecule has 0 aliphatic carbocycles. The van der Waals surface area contributed by atoms with E-state index in [1.54, 1.807) is 4.90 Å². The zero-order valence-corrected chi connectivity index (χ0v) is 15.9. The number of hydrogen-bond acceptors (Lipinski definition) is 6. The van der Waals surface area contributed by atoms with Gasteiger partial charge in [0.2, 0.25) is 11.2 Å². The van der Waals surface area contributed by atoms with E-state index in [0.29, 0.717) is 0 Å². The van der Waals surface area contributed by atoms with Crippen LogP contribution in [0.3, 0.4) is 0 Å². The van der Waals surface area contributed by atoms with Crippen molar-refractivity contribution in [3.8, 4) is 11.6 Å². The summed E-state index contributed by atoms with van der Waals surface area (Å²) in [6.07, 6.45) is -2.18. The maximum Gasteiger partial charge on any atom is 0.434 e. The Kier molecular flexibility index (Phi) is 5.55. The Morgan fingerprint density at radius 1 is 1.25 bits per heavy atom. The van der Waals surface area contributed by atoms with E-state index in [1.807, 2.05) is 0 Å². The lowest BCUT2D eigenvalue weighted by Crippen LogP contribution is -2.45. The summed E-state index contributed by atoms with van der Waals surface area (Å²) >= 11 is 5.72. The van der Waals surface area contributed by atoms with E-state index in [2.05, 4.69) is 15.0 Å². The van der Waals surface area contributed by atoms with Crippen LogP contribution in [0.15, 0.2) is 12.4 Å². The van der Waals surface area contributed by atoms with E-state index in [0.717, 1.165) is 6.20 Å². The average Bonchev–Trinajstić information content (AvgIpc) is 3.03. The number of ether oxygens (including phenoxy) is 2. The number of aryl methyl sites for hydroxylation is 1. The van der Waals surface area contributed by atoms with Gasteiger partial charge in [0.05, 0.1) is 13.3 Å². The number of anilines is 1. The van der Waals surface area contributed by atoms with Crippen molar-refractivity contribution in [2.75, 3.05) is 31.7 Å². The van der Waals surface area contributed by atoms with Crippen LogP contribution in [0.2, 0.25) is 5.28 Å². The van der Waals surface area contributed by atoms with E-state index in [1.165, 1.54) is 24.9 Å². The lowest BCUT2D eigenvalue weighted by molar-refractivity contribution is -0.140. The van der Waals surface area contributed by atoms with Crippen LogP contribution in [-0.4, -0.2) is 52.0 Å². The number of nitrogens with zero attached hydrogens (tertiary/aromatic N) is 5. The van der Waals surface area contributed by atoms with Crippen molar-refractivity contribution in [1.29, 1.82) is 0 Å². The highest BCUT2D eigenvalue weighted by Crippen LogP contribution is 2.34. The number of imidazole rings is 1. The summed E-state index contributed by atoms with van der Waals surface area (Å²) in [5.74, 6) is 0.401. The Morgan fingerprint density at radius 2 is 1.93 bits per heavy atom. The van der Waals surface area contributed by atoms with Crippen molar-refractivity contribution in [2.45, 2.75) is 24.7 Å². The Bertz CT molecular complexity index is 837. The fourth-order valence-electron chi connectivity index (χ4n) is 2.91. The van der Waals surface area contributed by atoms with Crippen LogP contribution in [-0.2, 0) is 13.2 Å². The van der Waals surface area contributed by atoms with Gasteiger partial charge >= 0.3 is 6.18 Å². The molecule has 0 bridgehead atoms. The lowest BCUT2D eigenvalue weighted by Gasteiger charge is -2.36. The first-order valence-electron chi connectivity index (χ1n) is 8.35. The minimum absolute atomic E-state index is 0.0286. The van der Waals surface area contributed by atoms with Crippen molar-refractivity contribution in [2.24, 2.45) is 7.05 Å². The van der Waals surface area contributed by atoms with Gasteiger partial charge in [-0.15, -0.1) is 0 Å². The summed E-state index contributed by atoms with van der Waals surface area (Å²) in [4.78, 5) is 12.9. The predicted octanol–water partition coefficient (Wildman–Crippen LogP) is 3.28. The van der Waals surface area contributed by atoms with Crippen molar-refractivity contribution in [3.05, 3.63) is 23.4 Å². The number of piperidine rings is 1. The molecule has 0 spiro atoms. The number of hydrogen-bond donors (Lipinski definition) is 0. The monoisotopic (exact) mass is 423 g/mol. The van der Waals surface area contributed by atoms with Crippen LogP contribution >= 0.6 is 11.6 Å². The molecule has 1 fully saturated rings. The summed E-state index contributed by atoms with van der Waals surface area (Å²) in [7, 11) is 2.87. The molecule has 1 saturated heterocycles. The smallest absolute Gasteiger partial charge is 0.434 e. The van der Waals surface area contributed by atoms with Crippen LogP contribution < -0.4 is 14.4 Å². The molecule has 0 radical (unpaired) electrons. The van der Waals surface area contributed by atoms with Gasteiger partial charge in [-0.05, 0) is 11.6 Å². The molecule has 2 aromatic heterocycles. The van der Waals surface area contributed by atoms with Crippen molar-refractivity contribution in [3.63, 3.8) is 0 Å². The second kappa shape index (κ2) is 7.61. The predicted molar refractivity (Wildman–Crippen MR) is 92.6 cm³/mol. The van der Waals surface area contributed by atoms with Gasteiger partial charge in [-0.25, -0.2) is 14.4 Å². The van der Waals surface area contributed by atoms with Gasteiger partial charge in [-0.2, -0.15) is 18.2 Å². The maximum atomic E-state index is 15.1. The number of aromatic nitrogens is 4. The van der Waals surface area contributed by atoms with Crippen molar-refractivity contribution < 1.29 is 27.0 Å². The van der Waals surface area contributed by atoms with Crippen molar-refractivity contribution in [1.82, 2.24) is 19.5 Å². The molecule has 2 aromatic rings. The highest BCUT2D eigenvalue weighted by atomic mass is 35.5. The maximum absolute atomic E-state index is 15.1. The fraction of sp³-hybridized carbons (Fsp3) is 0.562. The standard InChI is InChI=1S/C16H18ClF4N5O2/c1-25-8-11(16(19,20)21)23-14(25)26-5-3-15(18,4-6-26)9-28-12-10(27-2)7-22-13(17)24-12/h7-8H,3-6,9H2,1-2H3. The normalized spacial score (nSPS) is 16.9. The molecule has 28 heavy (non-hydrogen) atoms. The summed E-state index contributed by atoms with van der Waals surface area (Å²) in [5.41, 5.74) is -2.64. The summed E-state index contributed by atoms with van der Waals surface area (Å²) < 4.78 is 65.3. The first-order valence-corrected chi connectivity index (χ1v) is 8.73. The minimum atomic E-state index is -4.53. The quantitative estimate of drug-likeness (QED) is 0.543. The second-order valence-corrected chi connectivity index (χ2v) is 6.81. The molecular formula is C16H18ClF4N5O2. The van der Waals surface area contributed by atoms with E-state index in [4.69, 9.17) is 21.1 Å². The lowest BCUT2D eigenvalue weighted by atomic mass is 9.94. The highest BCUT2D eigenvalue weighted by Gasteiger charge is 2.39. The summed E-state index contributed by atoms with van der Waals surface area (Å²) in [6, 6.07) is 0. The highest BCUT2D eigenvalue weighted by molar-refractivity contribution is 6.28.